The fraction of sp³-hybridized carbons (Fsp3) is 0.455. The molecule has 1 rings (SSSR count). The topological polar surface area (TPSA) is 67.5 Å². The molecule has 15 heavy (non-hydrogen) atoms. The molecule has 4 N–H and O–H groups in total. The molecule has 0 aromatic heterocycles. The molecular formula is C11H18N2O2. The number of methoxy groups -OCH3 is 1. The van der Waals surface area contributed by atoms with Crippen LogP contribution in [0.5, 0.6) is 5.75 Å². The molecule has 0 fully saturated rings. The van der Waals surface area contributed by atoms with Crippen LogP contribution in [-0.2, 0) is 0 Å². The van der Waals surface area contributed by atoms with Crippen LogP contribution in [0, 0.1) is 0 Å². The lowest BCUT2D eigenvalue weighted by atomic mass is 10.2. The zero-order chi connectivity index (χ0) is 11.3. The molecule has 0 bridgehead atoms. The lowest BCUT2D eigenvalue weighted by Gasteiger charge is -2.12. The van der Waals surface area contributed by atoms with Gasteiger partial charge in [0.15, 0.2) is 0 Å². The van der Waals surface area contributed by atoms with E-state index in [2.05, 4.69) is 5.32 Å². The highest BCUT2D eigenvalue weighted by Gasteiger charge is 2.03. The number of rotatable bonds is 5. The first-order valence-corrected chi connectivity index (χ1v) is 5.02. The normalized spacial score (nSPS) is 12.2. The minimum atomic E-state index is -0.325. The number of nitrogen functional groups attached to an aromatic ring is 1. The van der Waals surface area contributed by atoms with Crippen molar-refractivity contribution < 1.29 is 9.84 Å². The van der Waals surface area contributed by atoms with Crippen molar-refractivity contribution in [2.24, 2.45) is 0 Å². The largest absolute Gasteiger partial charge is 0.495 e. The van der Waals surface area contributed by atoms with E-state index in [0.29, 0.717) is 18.0 Å². The van der Waals surface area contributed by atoms with Crippen LogP contribution in [0.1, 0.15) is 13.3 Å². The van der Waals surface area contributed by atoms with Gasteiger partial charge in [-0.15, -0.1) is 0 Å². The van der Waals surface area contributed by atoms with Crippen molar-refractivity contribution in [3.05, 3.63) is 18.2 Å². The molecule has 0 aliphatic heterocycles. The standard InChI is InChI=1S/C11H18N2O2/c1-3-9(14)7-13-8-4-5-10(12)11(6-8)15-2/h4-6,9,13-14H,3,7,12H2,1-2H3. The summed E-state index contributed by atoms with van der Waals surface area (Å²) in [5.41, 5.74) is 7.19. The Hall–Kier alpha value is -1.42. The van der Waals surface area contributed by atoms with Crippen molar-refractivity contribution in [3.63, 3.8) is 0 Å². The number of benzene rings is 1. The summed E-state index contributed by atoms with van der Waals surface area (Å²) in [4.78, 5) is 0. The second-order valence-corrected chi connectivity index (χ2v) is 3.40. The van der Waals surface area contributed by atoms with Gasteiger partial charge in [0.05, 0.1) is 18.9 Å². The SMILES string of the molecule is CCC(O)CNc1ccc(N)c(OC)c1. The quantitative estimate of drug-likeness (QED) is 0.644. The molecule has 1 aromatic rings. The highest BCUT2D eigenvalue weighted by atomic mass is 16.5. The van der Waals surface area contributed by atoms with E-state index < -0.39 is 0 Å². The summed E-state index contributed by atoms with van der Waals surface area (Å²) >= 11 is 0. The van der Waals surface area contributed by atoms with Crippen LogP contribution < -0.4 is 15.8 Å². The Morgan fingerprint density at radius 3 is 2.87 bits per heavy atom. The van der Waals surface area contributed by atoms with Crippen LogP contribution in [0.15, 0.2) is 18.2 Å². The molecule has 0 saturated heterocycles. The van der Waals surface area contributed by atoms with Gasteiger partial charge in [0.25, 0.3) is 0 Å². The van der Waals surface area contributed by atoms with Crippen molar-refractivity contribution in [1.29, 1.82) is 0 Å². The van der Waals surface area contributed by atoms with E-state index in [1.54, 1.807) is 13.2 Å². The molecule has 0 amide bonds. The second-order valence-electron chi connectivity index (χ2n) is 3.40. The first kappa shape index (κ1) is 11.7. The molecule has 0 aliphatic carbocycles. The summed E-state index contributed by atoms with van der Waals surface area (Å²) in [6.07, 6.45) is 0.410. The van der Waals surface area contributed by atoms with Crippen LogP contribution in [0.4, 0.5) is 11.4 Å². The van der Waals surface area contributed by atoms with Gasteiger partial charge in [-0.3, -0.25) is 0 Å². The molecule has 84 valence electrons. The van der Waals surface area contributed by atoms with Gasteiger partial charge in [-0.1, -0.05) is 6.92 Å². The number of ether oxygens (including phenoxy) is 1. The third-order valence-electron chi connectivity index (χ3n) is 2.25. The summed E-state index contributed by atoms with van der Waals surface area (Å²) in [5, 5.41) is 12.5. The molecule has 0 spiro atoms. The van der Waals surface area contributed by atoms with E-state index >= 15 is 0 Å². The van der Waals surface area contributed by atoms with Gasteiger partial charge >= 0.3 is 0 Å². The van der Waals surface area contributed by atoms with E-state index in [1.807, 2.05) is 19.1 Å². The smallest absolute Gasteiger partial charge is 0.143 e. The van der Waals surface area contributed by atoms with Crippen molar-refractivity contribution in [3.8, 4) is 5.75 Å². The number of nitrogens with one attached hydrogen (secondary N) is 1. The predicted octanol–water partition coefficient (Wildman–Crippen LogP) is 1.46. The first-order chi connectivity index (χ1) is 7.17. The van der Waals surface area contributed by atoms with E-state index in [-0.39, 0.29) is 6.10 Å². The molecule has 1 unspecified atom stereocenters. The van der Waals surface area contributed by atoms with Crippen LogP contribution in [0.2, 0.25) is 0 Å². The van der Waals surface area contributed by atoms with Crippen LogP contribution in [0.3, 0.4) is 0 Å². The third kappa shape index (κ3) is 3.32. The average molecular weight is 210 g/mol. The predicted molar refractivity (Wildman–Crippen MR) is 62.2 cm³/mol. The number of nitrogens with two attached hydrogens (primary N) is 1. The van der Waals surface area contributed by atoms with Gasteiger partial charge in [-0.25, -0.2) is 0 Å². The van der Waals surface area contributed by atoms with E-state index in [9.17, 15) is 5.11 Å². The molecule has 1 aromatic carbocycles. The molecule has 1 atom stereocenters. The highest BCUT2D eigenvalue weighted by Crippen LogP contribution is 2.24. The molecule has 0 radical (unpaired) electrons. The number of hydrogen-bond acceptors (Lipinski definition) is 4. The van der Waals surface area contributed by atoms with Crippen LogP contribution in [0.25, 0.3) is 0 Å². The van der Waals surface area contributed by atoms with E-state index in [4.69, 9.17) is 10.5 Å². The number of anilines is 2. The lowest BCUT2D eigenvalue weighted by Crippen LogP contribution is -2.18. The third-order valence-corrected chi connectivity index (χ3v) is 2.25. The molecule has 0 aliphatic rings. The Labute approximate surface area is 90.1 Å². The fourth-order valence-electron chi connectivity index (χ4n) is 1.20. The fourth-order valence-corrected chi connectivity index (χ4v) is 1.20. The summed E-state index contributed by atoms with van der Waals surface area (Å²) in [5.74, 6) is 0.644. The minimum absolute atomic E-state index is 0.325. The zero-order valence-corrected chi connectivity index (χ0v) is 9.16. The van der Waals surface area contributed by atoms with Crippen LogP contribution >= 0.6 is 0 Å². The Balaban J connectivity index is 2.62. The summed E-state index contributed by atoms with van der Waals surface area (Å²) in [6.45, 7) is 2.47. The van der Waals surface area contributed by atoms with Gasteiger partial charge in [-0.05, 0) is 18.6 Å². The van der Waals surface area contributed by atoms with Crippen LogP contribution in [-0.4, -0.2) is 24.9 Å². The minimum Gasteiger partial charge on any atom is -0.495 e. The highest BCUT2D eigenvalue weighted by molar-refractivity contribution is 5.61. The Morgan fingerprint density at radius 1 is 1.53 bits per heavy atom. The second kappa shape index (κ2) is 5.46. The zero-order valence-electron chi connectivity index (χ0n) is 9.16. The maximum absolute atomic E-state index is 9.38. The van der Waals surface area contributed by atoms with Gasteiger partial charge in [0.2, 0.25) is 0 Å². The Kier molecular flexibility index (Phi) is 4.24. The van der Waals surface area contributed by atoms with Gasteiger partial charge in [0, 0.05) is 18.3 Å². The first-order valence-electron chi connectivity index (χ1n) is 5.02. The summed E-state index contributed by atoms with van der Waals surface area (Å²) in [7, 11) is 1.58. The summed E-state index contributed by atoms with van der Waals surface area (Å²) < 4.78 is 5.09. The maximum atomic E-state index is 9.38. The van der Waals surface area contributed by atoms with E-state index in [0.717, 1.165) is 12.1 Å². The van der Waals surface area contributed by atoms with Crippen molar-refractivity contribution in [2.75, 3.05) is 24.7 Å². The number of hydrogen-bond donors (Lipinski definition) is 3. The average Bonchev–Trinajstić information content (AvgIpc) is 2.27. The monoisotopic (exact) mass is 210 g/mol. The number of aliphatic hydroxyl groups is 1. The molecule has 0 saturated carbocycles. The van der Waals surface area contributed by atoms with Crippen molar-refractivity contribution in [1.82, 2.24) is 0 Å². The molecule has 4 nitrogen and oxygen atoms in total. The van der Waals surface area contributed by atoms with E-state index in [1.165, 1.54) is 0 Å². The molecule has 4 heteroatoms. The molecule has 0 heterocycles. The van der Waals surface area contributed by atoms with Gasteiger partial charge in [0.1, 0.15) is 5.75 Å². The lowest BCUT2D eigenvalue weighted by molar-refractivity contribution is 0.183. The Bertz CT molecular complexity index is 315. The Morgan fingerprint density at radius 2 is 2.27 bits per heavy atom. The molecular weight excluding hydrogens is 192 g/mol. The maximum Gasteiger partial charge on any atom is 0.143 e. The van der Waals surface area contributed by atoms with Crippen molar-refractivity contribution in [2.45, 2.75) is 19.4 Å². The summed E-state index contributed by atoms with van der Waals surface area (Å²) in [6, 6.07) is 5.46. The van der Waals surface area contributed by atoms with Crippen molar-refractivity contribution >= 4 is 11.4 Å². The van der Waals surface area contributed by atoms with Gasteiger partial charge in [-0.2, -0.15) is 0 Å². The van der Waals surface area contributed by atoms with Gasteiger partial charge < -0.3 is 20.9 Å². The number of aliphatic hydroxyl groups excluding tert-OH is 1.